The third-order valence-corrected chi connectivity index (χ3v) is 7.33. The number of hydrogen-bond donors (Lipinski definition) is 2. The molecule has 162 valence electrons. The molecule has 0 spiro atoms. The summed E-state index contributed by atoms with van der Waals surface area (Å²) in [4.78, 5) is 4.58. The van der Waals surface area contributed by atoms with Gasteiger partial charge in [0.25, 0.3) is 0 Å². The predicted octanol–water partition coefficient (Wildman–Crippen LogP) is 2.90. The molecule has 0 unspecified atom stereocenters. The molecule has 0 saturated carbocycles. The molecule has 3 rings (SSSR count). The van der Waals surface area contributed by atoms with Crippen molar-refractivity contribution in [3.8, 4) is 0 Å². The number of sulfonamides is 1. The molecule has 2 aromatic carbocycles. The molecule has 1 aliphatic heterocycles. The number of aryl methyl sites for hydroxylation is 1. The van der Waals surface area contributed by atoms with Crippen molar-refractivity contribution >= 4 is 16.0 Å². The summed E-state index contributed by atoms with van der Waals surface area (Å²) in [5, 5.41) is 6.55. The first-order valence-corrected chi connectivity index (χ1v) is 11.6. The molecule has 0 aliphatic carbocycles. The molecule has 0 aromatic heterocycles. The summed E-state index contributed by atoms with van der Waals surface area (Å²) in [7, 11) is -1.71. The van der Waals surface area contributed by atoms with Gasteiger partial charge in [-0.15, -0.1) is 0 Å². The normalized spacial score (nSPS) is 16.4. The number of aliphatic imine (C=N–C) groups is 1. The van der Waals surface area contributed by atoms with Crippen LogP contribution in [0.15, 0.2) is 58.4 Å². The highest BCUT2D eigenvalue weighted by atomic mass is 32.2. The number of piperidine rings is 1. The standard InChI is InChI=1S/C22H29FN4O2S/c1-17-14-19(8-9-21(17)23)16-26-22(24-2)25-15-18-10-12-27(13-11-18)30(28,29)20-6-4-3-5-7-20/h3-9,14,18H,10-13,15-16H2,1-2H3,(H2,24,25,26). The minimum atomic E-state index is -3.42. The lowest BCUT2D eigenvalue weighted by molar-refractivity contribution is 0.273. The van der Waals surface area contributed by atoms with Gasteiger partial charge < -0.3 is 10.6 Å². The van der Waals surface area contributed by atoms with Gasteiger partial charge in [0.1, 0.15) is 5.82 Å². The molecule has 1 saturated heterocycles. The average molecular weight is 433 g/mol. The van der Waals surface area contributed by atoms with Crippen LogP contribution in [0.25, 0.3) is 0 Å². The van der Waals surface area contributed by atoms with Crippen molar-refractivity contribution in [2.24, 2.45) is 10.9 Å². The van der Waals surface area contributed by atoms with Crippen LogP contribution in [0.5, 0.6) is 0 Å². The van der Waals surface area contributed by atoms with Gasteiger partial charge in [-0.05, 0) is 55.0 Å². The number of nitrogens with zero attached hydrogens (tertiary/aromatic N) is 2. The van der Waals surface area contributed by atoms with Crippen LogP contribution in [0.4, 0.5) is 4.39 Å². The van der Waals surface area contributed by atoms with Crippen molar-refractivity contribution in [3.63, 3.8) is 0 Å². The number of guanidine groups is 1. The van der Waals surface area contributed by atoms with E-state index in [1.165, 1.54) is 6.07 Å². The Morgan fingerprint density at radius 2 is 1.83 bits per heavy atom. The van der Waals surface area contributed by atoms with E-state index in [1.54, 1.807) is 48.6 Å². The second-order valence-electron chi connectivity index (χ2n) is 7.55. The lowest BCUT2D eigenvalue weighted by Gasteiger charge is -2.31. The fourth-order valence-electron chi connectivity index (χ4n) is 3.56. The Hall–Kier alpha value is -2.45. The van der Waals surface area contributed by atoms with E-state index in [2.05, 4.69) is 15.6 Å². The molecule has 8 heteroatoms. The van der Waals surface area contributed by atoms with Crippen molar-refractivity contribution in [3.05, 3.63) is 65.5 Å². The van der Waals surface area contributed by atoms with Crippen LogP contribution in [0, 0.1) is 18.7 Å². The summed E-state index contributed by atoms with van der Waals surface area (Å²) in [6.45, 7) is 4.06. The number of benzene rings is 2. The van der Waals surface area contributed by atoms with Crippen LogP contribution in [0.2, 0.25) is 0 Å². The van der Waals surface area contributed by atoms with Crippen LogP contribution >= 0.6 is 0 Å². The van der Waals surface area contributed by atoms with Gasteiger partial charge in [0.2, 0.25) is 10.0 Å². The highest BCUT2D eigenvalue weighted by molar-refractivity contribution is 7.89. The van der Waals surface area contributed by atoms with E-state index >= 15 is 0 Å². The lowest BCUT2D eigenvalue weighted by Crippen LogP contribution is -2.44. The fourth-order valence-corrected chi connectivity index (χ4v) is 5.05. The monoisotopic (exact) mass is 432 g/mol. The smallest absolute Gasteiger partial charge is 0.243 e. The third-order valence-electron chi connectivity index (χ3n) is 5.42. The first kappa shape index (κ1) is 22.2. The first-order chi connectivity index (χ1) is 14.4. The summed E-state index contributed by atoms with van der Waals surface area (Å²) in [5.41, 5.74) is 1.60. The van der Waals surface area contributed by atoms with Gasteiger partial charge in [-0.2, -0.15) is 4.31 Å². The minimum absolute atomic E-state index is 0.207. The fraction of sp³-hybridized carbons (Fsp3) is 0.409. The Morgan fingerprint density at radius 3 is 2.47 bits per heavy atom. The molecule has 1 heterocycles. The molecule has 6 nitrogen and oxygen atoms in total. The van der Waals surface area contributed by atoms with Crippen LogP contribution in [-0.4, -0.2) is 45.4 Å². The maximum atomic E-state index is 13.4. The van der Waals surface area contributed by atoms with Crippen LogP contribution in [-0.2, 0) is 16.6 Å². The summed E-state index contributed by atoms with van der Waals surface area (Å²) >= 11 is 0. The van der Waals surface area contributed by atoms with E-state index in [9.17, 15) is 12.8 Å². The molecule has 30 heavy (non-hydrogen) atoms. The van der Waals surface area contributed by atoms with Crippen molar-refractivity contribution in [2.75, 3.05) is 26.7 Å². The van der Waals surface area contributed by atoms with Crippen LogP contribution < -0.4 is 10.6 Å². The zero-order valence-corrected chi connectivity index (χ0v) is 18.3. The molecule has 1 aliphatic rings. The summed E-state index contributed by atoms with van der Waals surface area (Å²) in [5.74, 6) is 0.844. The zero-order chi connectivity index (χ0) is 21.6. The molecule has 2 aromatic rings. The topological polar surface area (TPSA) is 73.8 Å². The Kier molecular flexibility index (Phi) is 7.44. The largest absolute Gasteiger partial charge is 0.356 e. The maximum Gasteiger partial charge on any atom is 0.243 e. The highest BCUT2D eigenvalue weighted by Crippen LogP contribution is 2.23. The number of rotatable bonds is 6. The van der Waals surface area contributed by atoms with Gasteiger partial charge in [0.05, 0.1) is 4.90 Å². The second-order valence-corrected chi connectivity index (χ2v) is 9.49. The van der Waals surface area contributed by atoms with Gasteiger partial charge in [0, 0.05) is 33.2 Å². The Bertz CT molecular complexity index is 972. The molecular weight excluding hydrogens is 403 g/mol. The average Bonchev–Trinajstić information content (AvgIpc) is 2.77. The van der Waals surface area contributed by atoms with E-state index in [-0.39, 0.29) is 5.82 Å². The molecule has 0 atom stereocenters. The molecule has 0 radical (unpaired) electrons. The predicted molar refractivity (Wildman–Crippen MR) is 117 cm³/mol. The van der Waals surface area contributed by atoms with E-state index in [0.29, 0.717) is 42.0 Å². The van der Waals surface area contributed by atoms with E-state index in [1.807, 2.05) is 12.1 Å². The Balaban J connectivity index is 1.46. The minimum Gasteiger partial charge on any atom is -0.356 e. The van der Waals surface area contributed by atoms with Crippen molar-refractivity contribution in [1.82, 2.24) is 14.9 Å². The first-order valence-electron chi connectivity index (χ1n) is 10.1. The molecular formula is C22H29FN4O2S. The Labute approximate surface area is 178 Å². The summed E-state index contributed by atoms with van der Waals surface area (Å²) < 4.78 is 40.4. The summed E-state index contributed by atoms with van der Waals surface area (Å²) in [6, 6.07) is 13.6. The van der Waals surface area contributed by atoms with E-state index < -0.39 is 10.0 Å². The van der Waals surface area contributed by atoms with Gasteiger partial charge in [-0.1, -0.05) is 30.3 Å². The quantitative estimate of drug-likeness (QED) is 0.544. The van der Waals surface area contributed by atoms with Crippen molar-refractivity contribution in [2.45, 2.75) is 31.2 Å². The SMILES string of the molecule is CN=C(NCc1ccc(F)c(C)c1)NCC1CCN(S(=O)(=O)c2ccccc2)CC1. The second kappa shape index (κ2) is 10.0. The number of nitrogens with one attached hydrogen (secondary N) is 2. The van der Waals surface area contributed by atoms with Gasteiger partial charge in [-0.3, -0.25) is 4.99 Å². The Morgan fingerprint density at radius 1 is 1.13 bits per heavy atom. The van der Waals surface area contributed by atoms with Gasteiger partial charge in [0.15, 0.2) is 5.96 Å². The third kappa shape index (κ3) is 5.58. The van der Waals surface area contributed by atoms with Crippen LogP contribution in [0.3, 0.4) is 0 Å². The van der Waals surface area contributed by atoms with Gasteiger partial charge >= 0.3 is 0 Å². The maximum absolute atomic E-state index is 13.4. The molecule has 0 amide bonds. The van der Waals surface area contributed by atoms with E-state index in [0.717, 1.165) is 24.9 Å². The zero-order valence-electron chi connectivity index (χ0n) is 17.4. The summed E-state index contributed by atoms with van der Waals surface area (Å²) in [6.07, 6.45) is 1.60. The molecule has 1 fully saturated rings. The highest BCUT2D eigenvalue weighted by Gasteiger charge is 2.29. The van der Waals surface area contributed by atoms with E-state index in [4.69, 9.17) is 0 Å². The number of hydrogen-bond acceptors (Lipinski definition) is 3. The molecule has 2 N–H and O–H groups in total. The van der Waals surface area contributed by atoms with Crippen molar-refractivity contribution in [1.29, 1.82) is 0 Å². The molecule has 0 bridgehead atoms. The number of halogens is 1. The van der Waals surface area contributed by atoms with Crippen molar-refractivity contribution < 1.29 is 12.8 Å². The van der Waals surface area contributed by atoms with Gasteiger partial charge in [-0.25, -0.2) is 12.8 Å². The lowest BCUT2D eigenvalue weighted by atomic mass is 9.98. The van der Waals surface area contributed by atoms with Crippen LogP contribution in [0.1, 0.15) is 24.0 Å².